The fourth-order valence-electron chi connectivity index (χ4n) is 1.52. The number of hydrogen-bond acceptors (Lipinski definition) is 4. The first kappa shape index (κ1) is 12.2. The van der Waals surface area contributed by atoms with Crippen molar-refractivity contribution in [3.63, 3.8) is 0 Å². The summed E-state index contributed by atoms with van der Waals surface area (Å²) < 4.78 is 18.5. The molecule has 4 nitrogen and oxygen atoms in total. The van der Waals surface area contributed by atoms with Crippen LogP contribution >= 0.6 is 0 Å². The zero-order valence-electron chi connectivity index (χ0n) is 9.98. The van der Waals surface area contributed by atoms with E-state index in [0.29, 0.717) is 5.56 Å². The molecule has 18 heavy (non-hydrogen) atoms. The molecule has 0 radical (unpaired) electrons. The van der Waals surface area contributed by atoms with Crippen LogP contribution in [-0.4, -0.2) is 23.0 Å². The number of halogens is 1. The lowest BCUT2D eigenvalue weighted by molar-refractivity contribution is 0.0588. The van der Waals surface area contributed by atoms with E-state index in [-0.39, 0.29) is 11.4 Å². The number of hydrogen-bond donors (Lipinski definition) is 0. The number of nitrogens with zero attached hydrogens (tertiary/aromatic N) is 2. The van der Waals surface area contributed by atoms with Gasteiger partial charge in [0.1, 0.15) is 12.0 Å². The van der Waals surface area contributed by atoms with E-state index in [1.807, 2.05) is 19.1 Å². The Morgan fingerprint density at radius 1 is 1.22 bits per heavy atom. The van der Waals surface area contributed by atoms with Crippen LogP contribution in [0.25, 0.3) is 11.3 Å². The summed E-state index contributed by atoms with van der Waals surface area (Å²) in [6, 6.07) is 7.16. The third-order valence-electron chi connectivity index (χ3n) is 2.49. The summed E-state index contributed by atoms with van der Waals surface area (Å²) in [4.78, 5) is 18.8. The van der Waals surface area contributed by atoms with Crippen LogP contribution in [0.1, 0.15) is 16.1 Å². The van der Waals surface area contributed by atoms with Gasteiger partial charge in [-0.3, -0.25) is 0 Å². The van der Waals surface area contributed by atoms with Crippen molar-refractivity contribution < 1.29 is 13.9 Å². The van der Waals surface area contributed by atoms with E-state index >= 15 is 0 Å². The zero-order valence-corrected chi connectivity index (χ0v) is 9.98. The predicted molar refractivity (Wildman–Crippen MR) is 63.5 cm³/mol. The van der Waals surface area contributed by atoms with E-state index in [1.165, 1.54) is 7.11 Å². The molecule has 1 heterocycles. The van der Waals surface area contributed by atoms with Crippen molar-refractivity contribution in [2.75, 3.05) is 7.11 Å². The molecule has 0 bridgehead atoms. The van der Waals surface area contributed by atoms with Crippen LogP contribution in [0.3, 0.4) is 0 Å². The minimum Gasteiger partial charge on any atom is -0.464 e. The highest BCUT2D eigenvalue weighted by molar-refractivity contribution is 5.88. The smallest absolute Gasteiger partial charge is 0.359 e. The average Bonchev–Trinajstić information content (AvgIpc) is 2.39. The number of carbonyl (C=O) groups is 1. The van der Waals surface area contributed by atoms with Crippen molar-refractivity contribution >= 4 is 5.97 Å². The van der Waals surface area contributed by atoms with Crippen LogP contribution < -0.4 is 0 Å². The van der Waals surface area contributed by atoms with Gasteiger partial charge in [0, 0.05) is 5.56 Å². The van der Waals surface area contributed by atoms with Crippen molar-refractivity contribution in [3.05, 3.63) is 47.7 Å². The van der Waals surface area contributed by atoms with Gasteiger partial charge in [0.25, 0.3) is 0 Å². The van der Waals surface area contributed by atoms with Gasteiger partial charge in [0.15, 0.2) is 11.5 Å². The molecule has 5 heteroatoms. The predicted octanol–water partition coefficient (Wildman–Crippen LogP) is 2.38. The molecule has 0 saturated carbocycles. The molecule has 0 amide bonds. The van der Waals surface area contributed by atoms with Crippen molar-refractivity contribution in [3.8, 4) is 11.3 Å². The molecule has 0 N–H and O–H groups in total. The molecule has 0 spiro atoms. The SMILES string of the molecule is COC(=O)c1ncnc(-c2ccc(C)cc2)c1F. The largest absolute Gasteiger partial charge is 0.464 e. The van der Waals surface area contributed by atoms with Gasteiger partial charge in [-0.25, -0.2) is 19.2 Å². The quantitative estimate of drug-likeness (QED) is 0.763. The molecule has 2 aromatic rings. The van der Waals surface area contributed by atoms with Crippen molar-refractivity contribution in [1.29, 1.82) is 0 Å². The molecule has 1 aromatic carbocycles. The first-order chi connectivity index (χ1) is 8.63. The maximum atomic E-state index is 14.1. The third kappa shape index (κ3) is 2.20. The molecule has 0 unspecified atom stereocenters. The van der Waals surface area contributed by atoms with Crippen LogP contribution in [0.2, 0.25) is 0 Å². The molecule has 2 rings (SSSR count). The van der Waals surface area contributed by atoms with Gasteiger partial charge in [-0.15, -0.1) is 0 Å². The maximum absolute atomic E-state index is 14.1. The Morgan fingerprint density at radius 2 is 1.89 bits per heavy atom. The Morgan fingerprint density at radius 3 is 2.50 bits per heavy atom. The zero-order chi connectivity index (χ0) is 13.1. The highest BCUT2D eigenvalue weighted by Crippen LogP contribution is 2.22. The number of benzene rings is 1. The second-order valence-electron chi connectivity index (χ2n) is 3.74. The summed E-state index contributed by atoms with van der Waals surface area (Å²) in [7, 11) is 1.18. The Bertz CT molecular complexity index is 582. The monoisotopic (exact) mass is 246 g/mol. The van der Waals surface area contributed by atoms with Crippen LogP contribution in [0.5, 0.6) is 0 Å². The number of carbonyl (C=O) groups excluding carboxylic acids is 1. The fraction of sp³-hybridized carbons (Fsp3) is 0.154. The highest BCUT2D eigenvalue weighted by atomic mass is 19.1. The van der Waals surface area contributed by atoms with Crippen molar-refractivity contribution in [2.45, 2.75) is 6.92 Å². The molecule has 0 saturated heterocycles. The minimum absolute atomic E-state index is 0.0883. The van der Waals surface area contributed by atoms with Crippen molar-refractivity contribution in [2.24, 2.45) is 0 Å². The van der Waals surface area contributed by atoms with Gasteiger partial charge in [0.05, 0.1) is 7.11 Å². The molecule has 0 aliphatic heterocycles. The molecule has 0 aliphatic carbocycles. The molecular weight excluding hydrogens is 235 g/mol. The van der Waals surface area contributed by atoms with E-state index in [0.717, 1.165) is 11.9 Å². The number of esters is 1. The standard InChI is InChI=1S/C13H11FN2O2/c1-8-3-5-9(6-4-8)11-10(14)12(13(17)18-2)16-7-15-11/h3-7H,1-2H3. The van der Waals surface area contributed by atoms with Gasteiger partial charge in [-0.05, 0) is 6.92 Å². The van der Waals surface area contributed by atoms with Gasteiger partial charge >= 0.3 is 5.97 Å². The minimum atomic E-state index is -0.816. The Labute approximate surface area is 103 Å². The number of aryl methyl sites for hydroxylation is 1. The second-order valence-corrected chi connectivity index (χ2v) is 3.74. The Balaban J connectivity index is 2.52. The highest BCUT2D eigenvalue weighted by Gasteiger charge is 2.19. The molecule has 0 aliphatic rings. The summed E-state index contributed by atoms with van der Waals surface area (Å²) in [5.74, 6) is -1.59. The number of aromatic nitrogens is 2. The lowest BCUT2D eigenvalue weighted by Crippen LogP contribution is -2.09. The van der Waals surface area contributed by atoms with Crippen LogP contribution in [0.15, 0.2) is 30.6 Å². The Kier molecular flexibility index (Phi) is 3.32. The summed E-state index contributed by atoms with van der Waals surface area (Å²) in [5.41, 5.74) is 1.38. The summed E-state index contributed by atoms with van der Waals surface area (Å²) in [6.45, 7) is 1.93. The summed E-state index contributed by atoms with van der Waals surface area (Å²) >= 11 is 0. The maximum Gasteiger partial charge on any atom is 0.359 e. The van der Waals surface area contributed by atoms with Gasteiger partial charge < -0.3 is 4.74 Å². The Hall–Kier alpha value is -2.30. The van der Waals surface area contributed by atoms with Gasteiger partial charge in [0.2, 0.25) is 0 Å². The fourth-order valence-corrected chi connectivity index (χ4v) is 1.52. The van der Waals surface area contributed by atoms with E-state index in [9.17, 15) is 9.18 Å². The van der Waals surface area contributed by atoms with E-state index in [4.69, 9.17) is 0 Å². The summed E-state index contributed by atoms with van der Waals surface area (Å²) in [6.07, 6.45) is 1.14. The van der Waals surface area contributed by atoms with Crippen LogP contribution in [-0.2, 0) is 4.74 Å². The second kappa shape index (κ2) is 4.91. The molecule has 0 fully saturated rings. The topological polar surface area (TPSA) is 52.1 Å². The lowest BCUT2D eigenvalue weighted by Gasteiger charge is -2.05. The van der Waals surface area contributed by atoms with E-state index in [1.54, 1.807) is 12.1 Å². The summed E-state index contributed by atoms with van der Waals surface area (Å²) in [5, 5.41) is 0. The van der Waals surface area contributed by atoms with Gasteiger partial charge in [-0.1, -0.05) is 29.8 Å². The molecule has 92 valence electrons. The normalized spacial score (nSPS) is 10.2. The lowest BCUT2D eigenvalue weighted by atomic mass is 10.1. The van der Waals surface area contributed by atoms with E-state index in [2.05, 4.69) is 14.7 Å². The first-order valence-corrected chi connectivity index (χ1v) is 5.29. The van der Waals surface area contributed by atoms with Crippen LogP contribution in [0, 0.1) is 12.7 Å². The van der Waals surface area contributed by atoms with Crippen molar-refractivity contribution in [1.82, 2.24) is 9.97 Å². The first-order valence-electron chi connectivity index (χ1n) is 5.29. The number of ether oxygens (including phenoxy) is 1. The number of rotatable bonds is 2. The average molecular weight is 246 g/mol. The van der Waals surface area contributed by atoms with E-state index < -0.39 is 11.8 Å². The number of methoxy groups -OCH3 is 1. The molecule has 1 aromatic heterocycles. The molecule has 0 atom stereocenters. The molecular formula is C13H11FN2O2. The van der Waals surface area contributed by atoms with Crippen LogP contribution in [0.4, 0.5) is 4.39 Å². The third-order valence-corrected chi connectivity index (χ3v) is 2.49. The van der Waals surface area contributed by atoms with Gasteiger partial charge in [-0.2, -0.15) is 0 Å².